The number of aliphatic hydroxyl groups is 1. The van der Waals surface area contributed by atoms with E-state index in [4.69, 9.17) is 9.05 Å². The maximum Gasteiger partial charge on any atom is 0.268 e. The zero-order valence-corrected chi connectivity index (χ0v) is 47.3. The number of quaternary nitrogens is 1. The number of carbonyl (C=O) groups excluding carboxylic acids is 1. The highest BCUT2D eigenvalue weighted by atomic mass is 31.2. The summed E-state index contributed by atoms with van der Waals surface area (Å²) in [6.45, 7) is 4.55. The van der Waals surface area contributed by atoms with Crippen molar-refractivity contribution in [2.45, 2.75) is 238 Å². The van der Waals surface area contributed by atoms with Gasteiger partial charge < -0.3 is 28.8 Å². The molecule has 0 saturated carbocycles. The van der Waals surface area contributed by atoms with E-state index in [1.54, 1.807) is 0 Å². The Hall–Kier alpha value is -2.84. The summed E-state index contributed by atoms with van der Waals surface area (Å²) in [6, 6.07) is -0.804. The molecule has 0 fully saturated rings. The fraction of sp³-hybridized carbons (Fsp3) is 0.694. The van der Waals surface area contributed by atoms with E-state index < -0.39 is 20.0 Å². The van der Waals surface area contributed by atoms with E-state index in [0.717, 1.165) is 96.3 Å². The van der Waals surface area contributed by atoms with Crippen LogP contribution in [0, 0.1) is 0 Å². The van der Waals surface area contributed by atoms with Crippen molar-refractivity contribution in [3.8, 4) is 0 Å². The number of hydrogen-bond donors (Lipinski definition) is 2. The predicted molar refractivity (Wildman–Crippen MR) is 306 cm³/mol. The van der Waals surface area contributed by atoms with Crippen LogP contribution in [0.3, 0.4) is 0 Å². The quantitative estimate of drug-likeness (QED) is 0.0272. The molecular weight excluding hydrogens is 900 g/mol. The van der Waals surface area contributed by atoms with Gasteiger partial charge in [0.05, 0.1) is 39.9 Å². The Morgan fingerprint density at radius 2 is 0.859 bits per heavy atom. The van der Waals surface area contributed by atoms with Gasteiger partial charge in [0, 0.05) is 6.42 Å². The number of amides is 1. The van der Waals surface area contributed by atoms with Crippen LogP contribution in [0.25, 0.3) is 0 Å². The summed E-state index contributed by atoms with van der Waals surface area (Å²) in [5, 5.41) is 13.9. The number of phosphoric ester groups is 1. The van der Waals surface area contributed by atoms with Gasteiger partial charge >= 0.3 is 0 Å². The molecule has 71 heavy (non-hydrogen) atoms. The molecule has 3 atom stereocenters. The van der Waals surface area contributed by atoms with Crippen molar-refractivity contribution in [1.29, 1.82) is 0 Å². The van der Waals surface area contributed by atoms with Crippen molar-refractivity contribution >= 4 is 13.7 Å². The first-order chi connectivity index (χ1) is 34.5. The summed E-state index contributed by atoms with van der Waals surface area (Å²) in [4.78, 5) is 25.3. The van der Waals surface area contributed by atoms with Crippen molar-refractivity contribution < 1.29 is 32.9 Å². The molecule has 0 aromatic rings. The van der Waals surface area contributed by atoms with Gasteiger partial charge in [-0.1, -0.05) is 245 Å². The van der Waals surface area contributed by atoms with Crippen molar-refractivity contribution in [2.75, 3.05) is 40.9 Å². The summed E-state index contributed by atoms with van der Waals surface area (Å²) in [6.07, 6.45) is 75.8. The SMILES string of the molecule is CC/C=C\C/C=C\C/C=C\C/C=C\C/C=C\C/C=C\C/C=C\C/C=C\C/C=C\CCCCCCCCCCCCCCCC(=O)NC(COP(=O)([O-])OCC[N+](C)(C)C)C(O)CCCCCCCCCC. The molecule has 0 aliphatic carbocycles. The fourth-order valence-corrected chi connectivity index (χ4v) is 8.52. The minimum atomic E-state index is -4.57. The lowest BCUT2D eigenvalue weighted by molar-refractivity contribution is -0.870. The van der Waals surface area contributed by atoms with Crippen LogP contribution in [0.1, 0.15) is 226 Å². The second-order valence-corrected chi connectivity index (χ2v) is 21.7. The number of aliphatic hydroxyl groups excluding tert-OH is 1. The van der Waals surface area contributed by atoms with Crippen molar-refractivity contribution in [3.05, 3.63) is 109 Å². The molecule has 0 spiro atoms. The van der Waals surface area contributed by atoms with Crippen LogP contribution in [-0.4, -0.2) is 68.5 Å². The second kappa shape index (κ2) is 52.0. The lowest BCUT2D eigenvalue weighted by atomic mass is 10.0. The molecule has 0 radical (unpaired) electrons. The Morgan fingerprint density at radius 3 is 1.25 bits per heavy atom. The highest BCUT2D eigenvalue weighted by molar-refractivity contribution is 7.45. The fourth-order valence-electron chi connectivity index (χ4n) is 7.80. The van der Waals surface area contributed by atoms with Crippen LogP contribution in [0.15, 0.2) is 109 Å². The Labute approximate surface area is 438 Å². The molecule has 0 aliphatic rings. The number of hydrogen-bond acceptors (Lipinski definition) is 6. The first-order valence-corrected chi connectivity index (χ1v) is 30.2. The monoisotopic (exact) mass is 1010 g/mol. The van der Waals surface area contributed by atoms with Crippen LogP contribution in [0.4, 0.5) is 0 Å². The number of rotatable bonds is 51. The maximum absolute atomic E-state index is 12.9. The normalized spacial score (nSPS) is 14.7. The van der Waals surface area contributed by atoms with Crippen molar-refractivity contribution in [3.63, 3.8) is 0 Å². The molecular formula is C62H109N2O6P. The van der Waals surface area contributed by atoms with Crippen LogP contribution in [-0.2, 0) is 18.4 Å². The molecule has 1 amide bonds. The van der Waals surface area contributed by atoms with Gasteiger partial charge in [0.1, 0.15) is 13.2 Å². The average Bonchev–Trinajstić information content (AvgIpc) is 3.33. The minimum Gasteiger partial charge on any atom is -0.756 e. The van der Waals surface area contributed by atoms with Gasteiger partial charge in [0.25, 0.3) is 7.82 Å². The number of phosphoric acid groups is 1. The molecule has 3 unspecified atom stereocenters. The Bertz CT molecular complexity index is 1520. The van der Waals surface area contributed by atoms with Crippen LogP contribution < -0.4 is 10.2 Å². The number of likely N-dealkylation sites (N-methyl/N-ethyl adjacent to an activating group) is 1. The molecule has 0 bridgehead atoms. The van der Waals surface area contributed by atoms with Gasteiger partial charge in [0.2, 0.25) is 5.91 Å². The number of carbonyl (C=O) groups is 1. The van der Waals surface area contributed by atoms with E-state index in [2.05, 4.69) is 129 Å². The van der Waals surface area contributed by atoms with E-state index in [0.29, 0.717) is 23.9 Å². The summed E-state index contributed by atoms with van der Waals surface area (Å²) in [5.74, 6) is -0.173. The summed E-state index contributed by atoms with van der Waals surface area (Å²) < 4.78 is 23.2. The van der Waals surface area contributed by atoms with Crippen LogP contribution in [0.2, 0.25) is 0 Å². The molecule has 0 rings (SSSR count). The number of nitrogens with zero attached hydrogens (tertiary/aromatic N) is 1. The molecule has 0 aliphatic heterocycles. The van der Waals surface area contributed by atoms with Crippen LogP contribution in [0.5, 0.6) is 0 Å². The molecule has 0 heterocycles. The van der Waals surface area contributed by atoms with E-state index in [1.807, 2.05) is 21.1 Å². The third-order valence-electron chi connectivity index (χ3n) is 12.3. The molecule has 9 heteroatoms. The summed E-state index contributed by atoms with van der Waals surface area (Å²) >= 11 is 0. The van der Waals surface area contributed by atoms with Gasteiger partial charge in [-0.05, 0) is 83.5 Å². The smallest absolute Gasteiger partial charge is 0.268 e. The maximum atomic E-state index is 12.9. The van der Waals surface area contributed by atoms with E-state index in [1.165, 1.54) is 103 Å². The number of allylic oxidation sites excluding steroid dienone is 18. The minimum absolute atomic E-state index is 0.00798. The topological polar surface area (TPSA) is 108 Å². The van der Waals surface area contributed by atoms with Crippen molar-refractivity contribution in [1.82, 2.24) is 5.32 Å². The molecule has 408 valence electrons. The highest BCUT2D eigenvalue weighted by Crippen LogP contribution is 2.38. The molecule has 0 aromatic heterocycles. The first-order valence-electron chi connectivity index (χ1n) is 28.7. The van der Waals surface area contributed by atoms with Gasteiger partial charge in [-0.15, -0.1) is 0 Å². The molecule has 2 N–H and O–H groups in total. The van der Waals surface area contributed by atoms with E-state index >= 15 is 0 Å². The van der Waals surface area contributed by atoms with Gasteiger partial charge in [-0.3, -0.25) is 9.36 Å². The Kier molecular flexibility index (Phi) is 50.0. The van der Waals surface area contributed by atoms with Gasteiger partial charge in [-0.2, -0.15) is 0 Å². The lowest BCUT2D eigenvalue weighted by Crippen LogP contribution is -2.46. The summed E-state index contributed by atoms with van der Waals surface area (Å²) in [7, 11) is 1.29. The molecule has 0 saturated heterocycles. The van der Waals surface area contributed by atoms with Crippen molar-refractivity contribution in [2.24, 2.45) is 0 Å². The standard InChI is InChI=1S/C62H109N2O6P/c1-6-8-10-12-14-16-17-18-19-20-21-22-23-24-25-26-27-28-29-30-31-32-33-34-35-36-37-38-39-40-41-42-43-44-45-46-47-48-50-52-54-56-62(66)63-60(59-70-71(67,68)69-58-57-64(3,4)5)61(65)55-53-51-49-15-13-11-9-7-2/h8,10,14,16,18-19,21-22,24-25,27-28,30-31,33-34,36-37,60-61,65H,6-7,9,11-13,15,17,20,23,26,29,32,35,38-59H2,1-5H3,(H-,63,66,67,68)/b10-8-,16-14-,19-18-,22-21-,25-24-,28-27-,31-30-,34-33-,37-36-. The second-order valence-electron chi connectivity index (χ2n) is 20.3. The lowest BCUT2D eigenvalue weighted by Gasteiger charge is -2.30. The van der Waals surface area contributed by atoms with Gasteiger partial charge in [0.15, 0.2) is 0 Å². The number of unbranched alkanes of at least 4 members (excludes halogenated alkanes) is 20. The van der Waals surface area contributed by atoms with E-state index in [9.17, 15) is 19.4 Å². The zero-order valence-electron chi connectivity index (χ0n) is 46.4. The summed E-state index contributed by atoms with van der Waals surface area (Å²) in [5.41, 5.74) is 0. The Balaban J connectivity index is 3.92. The largest absolute Gasteiger partial charge is 0.756 e. The predicted octanol–water partition coefficient (Wildman–Crippen LogP) is 17.0. The third-order valence-corrected chi connectivity index (χ3v) is 13.2. The first kappa shape index (κ1) is 68.2. The zero-order chi connectivity index (χ0) is 52.0. The molecule has 0 aromatic carbocycles. The van der Waals surface area contributed by atoms with Gasteiger partial charge in [-0.25, -0.2) is 0 Å². The average molecular weight is 1010 g/mol. The number of nitrogens with one attached hydrogen (secondary N) is 1. The van der Waals surface area contributed by atoms with E-state index in [-0.39, 0.29) is 19.1 Å². The molecule has 8 nitrogen and oxygen atoms in total. The Morgan fingerprint density at radius 1 is 0.507 bits per heavy atom. The third kappa shape index (κ3) is 54.8. The highest BCUT2D eigenvalue weighted by Gasteiger charge is 2.24. The van der Waals surface area contributed by atoms with Crippen LogP contribution >= 0.6 is 7.82 Å².